The summed E-state index contributed by atoms with van der Waals surface area (Å²) in [5.41, 5.74) is 0.546. The highest BCUT2D eigenvalue weighted by Crippen LogP contribution is 2.21. The summed E-state index contributed by atoms with van der Waals surface area (Å²) < 4.78 is 29.5. The third-order valence-electron chi connectivity index (χ3n) is 6.32. The number of nitrogens with one attached hydrogen (secondary N) is 1. The van der Waals surface area contributed by atoms with Gasteiger partial charge < -0.3 is 29.6 Å². The molecule has 10 heteroatoms. The van der Waals surface area contributed by atoms with Gasteiger partial charge in [0.05, 0.1) is 13.2 Å². The number of fused-ring (bicyclic) bond motifs is 1. The van der Waals surface area contributed by atoms with Gasteiger partial charge in [0.15, 0.2) is 0 Å². The van der Waals surface area contributed by atoms with Gasteiger partial charge in [0.25, 0.3) is 11.6 Å². The van der Waals surface area contributed by atoms with E-state index < -0.39 is 36.6 Å². The summed E-state index contributed by atoms with van der Waals surface area (Å²) in [7, 11) is -1.17. The summed E-state index contributed by atoms with van der Waals surface area (Å²) in [5, 5.41) is 24.0. The molecular formula is C27H27BFNO7. The first-order valence-corrected chi connectivity index (χ1v) is 11.7. The Morgan fingerprint density at radius 1 is 1.08 bits per heavy atom. The number of hydrogen-bond acceptors (Lipinski definition) is 7. The van der Waals surface area contributed by atoms with Crippen molar-refractivity contribution in [2.45, 2.75) is 45.5 Å². The van der Waals surface area contributed by atoms with Crippen LogP contribution in [0.1, 0.15) is 39.5 Å². The highest BCUT2D eigenvalue weighted by Gasteiger charge is 2.46. The fourth-order valence-corrected chi connectivity index (χ4v) is 4.07. The lowest BCUT2D eigenvalue weighted by atomic mass is 9.75. The fourth-order valence-electron chi connectivity index (χ4n) is 4.07. The molecule has 4 rings (SSSR count). The summed E-state index contributed by atoms with van der Waals surface area (Å²) >= 11 is 0. The average Bonchev–Trinajstić information content (AvgIpc) is 3.28. The summed E-state index contributed by atoms with van der Waals surface area (Å²) in [6, 6.07) is 17.6. The molecule has 3 aromatic rings. The molecule has 0 saturated heterocycles. The predicted molar refractivity (Wildman–Crippen MR) is 133 cm³/mol. The zero-order valence-electron chi connectivity index (χ0n) is 20.4. The third-order valence-corrected chi connectivity index (χ3v) is 6.32. The lowest BCUT2D eigenvalue weighted by molar-refractivity contribution is -0.188. The molecule has 0 unspecified atom stereocenters. The standard InChI is InChI=1S/C27H27BFNO7/c1-17-23(13-10-21-16-37-28(34)24(17)21)25(31)30-27(33,18(2)35-14-19-6-4-3-5-7-19)26(32)36-15-20-8-11-22(29)12-9-20/h3-13,18,33-34H,14-16H2,1-2H3,(H,30,31)/t18-,27+/m1/s1. The van der Waals surface area contributed by atoms with Crippen LogP contribution < -0.4 is 10.8 Å². The SMILES string of the molecule is Cc1c(C(=O)N[C@@](O)(C(=O)OCc2ccc(F)cc2)[C@@H](C)OCc2ccccc2)ccc2c1B(O)OC2. The second kappa shape index (κ2) is 11.2. The van der Waals surface area contributed by atoms with Crippen LogP contribution in [0.2, 0.25) is 0 Å². The van der Waals surface area contributed by atoms with E-state index in [-0.39, 0.29) is 25.4 Å². The van der Waals surface area contributed by atoms with E-state index in [1.165, 1.54) is 37.3 Å². The van der Waals surface area contributed by atoms with Gasteiger partial charge in [-0.15, -0.1) is 0 Å². The normalized spacial score (nSPS) is 15.0. The van der Waals surface area contributed by atoms with E-state index in [1.54, 1.807) is 13.0 Å². The zero-order valence-corrected chi connectivity index (χ0v) is 20.4. The molecule has 8 nitrogen and oxygen atoms in total. The minimum Gasteiger partial charge on any atom is -0.457 e. The Labute approximate surface area is 214 Å². The van der Waals surface area contributed by atoms with Crippen molar-refractivity contribution in [3.8, 4) is 0 Å². The van der Waals surface area contributed by atoms with Gasteiger partial charge in [-0.1, -0.05) is 48.5 Å². The summed E-state index contributed by atoms with van der Waals surface area (Å²) in [6.45, 7) is 3.10. The van der Waals surface area contributed by atoms with Gasteiger partial charge in [-0.2, -0.15) is 0 Å². The minimum atomic E-state index is -2.56. The van der Waals surface area contributed by atoms with Gasteiger partial charge in [0.1, 0.15) is 18.5 Å². The molecule has 0 spiro atoms. The van der Waals surface area contributed by atoms with Crippen LogP contribution in [-0.2, 0) is 38.7 Å². The van der Waals surface area contributed by atoms with Crippen LogP contribution in [-0.4, -0.2) is 41.0 Å². The maximum absolute atomic E-state index is 13.3. The summed E-state index contributed by atoms with van der Waals surface area (Å²) in [5.74, 6) is -2.36. The Morgan fingerprint density at radius 3 is 2.46 bits per heavy atom. The van der Waals surface area contributed by atoms with Crippen LogP contribution in [0.3, 0.4) is 0 Å². The van der Waals surface area contributed by atoms with E-state index in [0.717, 1.165) is 11.1 Å². The molecule has 0 fully saturated rings. The monoisotopic (exact) mass is 507 g/mol. The van der Waals surface area contributed by atoms with Gasteiger partial charge >= 0.3 is 13.1 Å². The van der Waals surface area contributed by atoms with Crippen molar-refractivity contribution in [3.63, 3.8) is 0 Å². The van der Waals surface area contributed by atoms with Crippen LogP contribution in [0.5, 0.6) is 0 Å². The smallest absolute Gasteiger partial charge is 0.457 e. The van der Waals surface area contributed by atoms with Crippen LogP contribution in [0.25, 0.3) is 0 Å². The van der Waals surface area contributed by atoms with E-state index in [4.69, 9.17) is 14.1 Å². The highest BCUT2D eigenvalue weighted by atomic mass is 19.1. The van der Waals surface area contributed by atoms with Gasteiger partial charge in [0, 0.05) is 5.56 Å². The van der Waals surface area contributed by atoms with Gasteiger partial charge in [0.2, 0.25) is 0 Å². The fraction of sp³-hybridized carbons (Fsp3) is 0.259. The topological polar surface area (TPSA) is 114 Å². The van der Waals surface area contributed by atoms with E-state index in [9.17, 15) is 24.1 Å². The number of amides is 1. The predicted octanol–water partition coefficient (Wildman–Crippen LogP) is 2.12. The van der Waals surface area contributed by atoms with Gasteiger partial charge in [-0.05, 0) is 59.8 Å². The largest absolute Gasteiger partial charge is 0.492 e. The highest BCUT2D eigenvalue weighted by molar-refractivity contribution is 6.62. The third kappa shape index (κ3) is 5.89. The molecule has 1 amide bonds. The lowest BCUT2D eigenvalue weighted by Gasteiger charge is -2.32. The molecule has 1 aliphatic heterocycles. The van der Waals surface area contributed by atoms with Crippen molar-refractivity contribution in [1.29, 1.82) is 0 Å². The number of carbonyl (C=O) groups excluding carboxylic acids is 2. The number of aliphatic hydroxyl groups is 1. The van der Waals surface area contributed by atoms with Crippen LogP contribution in [0, 0.1) is 12.7 Å². The number of carbonyl (C=O) groups is 2. The van der Waals surface area contributed by atoms with Crippen LogP contribution in [0.4, 0.5) is 4.39 Å². The molecule has 0 aromatic heterocycles. The molecule has 0 saturated carbocycles. The summed E-state index contributed by atoms with van der Waals surface area (Å²) in [4.78, 5) is 26.4. The molecule has 0 bridgehead atoms. The molecule has 0 radical (unpaired) electrons. The first kappa shape index (κ1) is 26.5. The second-order valence-corrected chi connectivity index (χ2v) is 8.84. The molecular weight excluding hydrogens is 480 g/mol. The molecule has 3 N–H and O–H groups in total. The Hall–Kier alpha value is -3.57. The van der Waals surface area contributed by atoms with Crippen molar-refractivity contribution < 1.29 is 38.2 Å². The maximum atomic E-state index is 13.3. The number of halogens is 1. The van der Waals surface area contributed by atoms with Crippen molar-refractivity contribution in [3.05, 3.63) is 100 Å². The molecule has 37 heavy (non-hydrogen) atoms. The van der Waals surface area contributed by atoms with Crippen LogP contribution >= 0.6 is 0 Å². The second-order valence-electron chi connectivity index (χ2n) is 8.84. The zero-order chi connectivity index (χ0) is 26.6. The van der Waals surface area contributed by atoms with Gasteiger partial charge in [-0.3, -0.25) is 4.79 Å². The number of esters is 1. The molecule has 2 atom stereocenters. The minimum absolute atomic E-state index is 0.0623. The molecule has 1 heterocycles. The van der Waals surface area contributed by atoms with E-state index >= 15 is 0 Å². The Morgan fingerprint density at radius 2 is 1.76 bits per heavy atom. The van der Waals surface area contributed by atoms with Crippen LogP contribution in [0.15, 0.2) is 66.7 Å². The van der Waals surface area contributed by atoms with E-state index in [1.807, 2.05) is 30.3 Å². The Balaban J connectivity index is 1.56. The number of ether oxygens (including phenoxy) is 2. The Bertz CT molecular complexity index is 1270. The maximum Gasteiger partial charge on any atom is 0.492 e. The van der Waals surface area contributed by atoms with Crippen molar-refractivity contribution in [2.75, 3.05) is 0 Å². The molecule has 3 aromatic carbocycles. The lowest BCUT2D eigenvalue weighted by Crippen LogP contribution is -2.62. The molecule has 192 valence electrons. The average molecular weight is 507 g/mol. The quantitative estimate of drug-likeness (QED) is 0.231. The first-order chi connectivity index (χ1) is 17.7. The Kier molecular flexibility index (Phi) is 8.04. The van der Waals surface area contributed by atoms with Gasteiger partial charge in [-0.25, -0.2) is 9.18 Å². The van der Waals surface area contributed by atoms with Crippen molar-refractivity contribution in [1.82, 2.24) is 5.32 Å². The van der Waals surface area contributed by atoms with E-state index in [0.29, 0.717) is 16.6 Å². The first-order valence-electron chi connectivity index (χ1n) is 11.7. The number of hydrogen-bond donors (Lipinski definition) is 3. The van der Waals surface area contributed by atoms with E-state index in [2.05, 4.69) is 5.32 Å². The van der Waals surface area contributed by atoms with Crippen molar-refractivity contribution >= 4 is 24.5 Å². The number of benzene rings is 3. The molecule has 0 aliphatic carbocycles. The molecule has 1 aliphatic rings. The van der Waals surface area contributed by atoms with Crippen molar-refractivity contribution in [2.24, 2.45) is 0 Å². The number of rotatable bonds is 9. The summed E-state index contributed by atoms with van der Waals surface area (Å²) in [6.07, 6.45) is -1.22.